The van der Waals surface area contributed by atoms with Gasteiger partial charge in [-0.3, -0.25) is 19.7 Å². The fraction of sp³-hybridized carbons (Fsp3) is 0.471. The van der Waals surface area contributed by atoms with Gasteiger partial charge in [0.05, 0.1) is 0 Å². The van der Waals surface area contributed by atoms with Gasteiger partial charge in [0.25, 0.3) is 5.91 Å². The first kappa shape index (κ1) is 14.8. The molecule has 22 heavy (non-hydrogen) atoms. The average molecular weight is 300 g/mol. The van der Waals surface area contributed by atoms with E-state index in [9.17, 15) is 14.4 Å². The summed E-state index contributed by atoms with van der Waals surface area (Å²) in [7, 11) is 0. The van der Waals surface area contributed by atoms with E-state index in [0.29, 0.717) is 37.3 Å². The molecular weight excluding hydrogens is 280 g/mol. The number of imide groups is 1. The molecule has 0 aliphatic carbocycles. The van der Waals surface area contributed by atoms with E-state index in [2.05, 4.69) is 19.2 Å². The van der Waals surface area contributed by atoms with Crippen molar-refractivity contribution in [2.75, 3.05) is 0 Å². The minimum Gasteiger partial charge on any atom is -0.322 e. The number of carbonyl (C=O) groups is 3. The van der Waals surface area contributed by atoms with Gasteiger partial charge in [0.2, 0.25) is 11.8 Å². The Morgan fingerprint density at radius 3 is 2.73 bits per heavy atom. The van der Waals surface area contributed by atoms with E-state index in [1.54, 1.807) is 4.90 Å². The second kappa shape index (κ2) is 5.55. The molecule has 0 saturated carbocycles. The van der Waals surface area contributed by atoms with Crippen LogP contribution >= 0.6 is 0 Å². The van der Waals surface area contributed by atoms with Crippen molar-refractivity contribution in [1.29, 1.82) is 0 Å². The maximum Gasteiger partial charge on any atom is 0.255 e. The average Bonchev–Trinajstić information content (AvgIpc) is 2.70. The lowest BCUT2D eigenvalue weighted by molar-refractivity contribution is -0.132. The third-order valence-corrected chi connectivity index (χ3v) is 4.48. The van der Waals surface area contributed by atoms with Crippen LogP contribution in [0.5, 0.6) is 0 Å². The van der Waals surface area contributed by atoms with Gasteiger partial charge in [0.1, 0.15) is 6.04 Å². The van der Waals surface area contributed by atoms with E-state index < -0.39 is 6.04 Å². The Bertz CT molecular complexity index is 651. The second-order valence-electron chi connectivity index (χ2n) is 6.28. The van der Waals surface area contributed by atoms with E-state index >= 15 is 0 Å². The van der Waals surface area contributed by atoms with Gasteiger partial charge < -0.3 is 4.90 Å². The molecule has 0 radical (unpaired) electrons. The summed E-state index contributed by atoms with van der Waals surface area (Å²) in [5, 5.41) is 2.38. The molecule has 3 rings (SSSR count). The highest BCUT2D eigenvalue weighted by molar-refractivity contribution is 6.04. The number of benzene rings is 1. The Balaban J connectivity index is 1.92. The molecule has 116 valence electrons. The van der Waals surface area contributed by atoms with Crippen molar-refractivity contribution in [3.05, 3.63) is 34.9 Å². The summed E-state index contributed by atoms with van der Waals surface area (Å²) in [5.41, 5.74) is 2.86. The molecule has 0 spiro atoms. The number of rotatable bonds is 2. The quantitative estimate of drug-likeness (QED) is 0.849. The minimum absolute atomic E-state index is 0.105. The monoisotopic (exact) mass is 300 g/mol. The third kappa shape index (κ3) is 2.40. The minimum atomic E-state index is -0.550. The summed E-state index contributed by atoms with van der Waals surface area (Å²) >= 11 is 0. The van der Waals surface area contributed by atoms with Gasteiger partial charge >= 0.3 is 0 Å². The van der Waals surface area contributed by atoms with Gasteiger partial charge in [-0.15, -0.1) is 0 Å². The maximum atomic E-state index is 12.7. The molecule has 5 heteroatoms. The van der Waals surface area contributed by atoms with Crippen LogP contribution in [0.1, 0.15) is 60.5 Å². The lowest BCUT2D eigenvalue weighted by Crippen LogP contribution is -2.46. The molecule has 0 aromatic heterocycles. The van der Waals surface area contributed by atoms with E-state index in [1.807, 2.05) is 18.2 Å². The normalized spacial score (nSPS) is 21.9. The zero-order valence-corrected chi connectivity index (χ0v) is 12.9. The Morgan fingerprint density at radius 2 is 2.00 bits per heavy atom. The number of fused-ring (bicyclic) bond motifs is 1. The van der Waals surface area contributed by atoms with Crippen molar-refractivity contribution in [3.8, 4) is 0 Å². The fourth-order valence-electron chi connectivity index (χ4n) is 3.34. The Kier molecular flexibility index (Phi) is 3.72. The number of nitrogens with one attached hydrogen (secondary N) is 1. The Labute approximate surface area is 129 Å². The van der Waals surface area contributed by atoms with Gasteiger partial charge in [0, 0.05) is 18.5 Å². The molecular formula is C17H20N2O3. The van der Waals surface area contributed by atoms with Crippen molar-refractivity contribution >= 4 is 17.7 Å². The molecule has 1 aromatic rings. The van der Waals surface area contributed by atoms with Crippen molar-refractivity contribution < 1.29 is 14.4 Å². The van der Waals surface area contributed by atoms with Crippen molar-refractivity contribution in [1.82, 2.24) is 10.2 Å². The van der Waals surface area contributed by atoms with Crippen LogP contribution in [0.2, 0.25) is 0 Å². The van der Waals surface area contributed by atoms with Crippen LogP contribution in [0.15, 0.2) is 18.2 Å². The zero-order chi connectivity index (χ0) is 15.9. The standard InChI is InChI=1S/C17H20N2O3/c1-10(2)11-5-3-6-12-13(11)9-19(17(12)22)14-7-4-8-15(20)18-16(14)21/h3,5-6,10,14H,4,7-9H2,1-2H3,(H,18,20,21)/t14-/m0/s1. The third-order valence-electron chi connectivity index (χ3n) is 4.48. The molecule has 2 heterocycles. The number of hydrogen-bond donors (Lipinski definition) is 1. The van der Waals surface area contributed by atoms with Crippen molar-refractivity contribution in [3.63, 3.8) is 0 Å². The summed E-state index contributed by atoms with van der Waals surface area (Å²) in [6.45, 7) is 4.65. The zero-order valence-electron chi connectivity index (χ0n) is 12.9. The number of nitrogens with zero attached hydrogens (tertiary/aromatic N) is 1. The highest BCUT2D eigenvalue weighted by Gasteiger charge is 2.38. The number of amides is 3. The molecule has 1 fully saturated rings. The smallest absolute Gasteiger partial charge is 0.255 e. The molecule has 1 aromatic carbocycles. The van der Waals surface area contributed by atoms with E-state index in [4.69, 9.17) is 0 Å². The molecule has 2 aliphatic heterocycles. The van der Waals surface area contributed by atoms with E-state index in [1.165, 1.54) is 0 Å². The summed E-state index contributed by atoms with van der Waals surface area (Å²) in [5.74, 6) is -0.381. The van der Waals surface area contributed by atoms with Crippen LogP contribution in [0.25, 0.3) is 0 Å². The number of carbonyl (C=O) groups excluding carboxylic acids is 3. The van der Waals surface area contributed by atoms with E-state index in [-0.39, 0.29) is 17.7 Å². The molecule has 1 N–H and O–H groups in total. The molecule has 3 amide bonds. The topological polar surface area (TPSA) is 66.5 Å². The SMILES string of the molecule is CC(C)c1cccc2c1CN([C@H]1CCCC(=O)NC1=O)C2=O. The van der Waals surface area contributed by atoms with Crippen molar-refractivity contribution in [2.45, 2.75) is 51.6 Å². The van der Waals surface area contributed by atoms with Crippen molar-refractivity contribution in [2.24, 2.45) is 0 Å². The maximum absolute atomic E-state index is 12.7. The summed E-state index contributed by atoms with van der Waals surface area (Å²) in [4.78, 5) is 37.9. The van der Waals surface area contributed by atoms with Crippen LogP contribution < -0.4 is 5.32 Å². The lowest BCUT2D eigenvalue weighted by atomic mass is 9.95. The van der Waals surface area contributed by atoms with Gasteiger partial charge in [-0.25, -0.2) is 0 Å². The number of hydrogen-bond acceptors (Lipinski definition) is 3. The van der Waals surface area contributed by atoms with Gasteiger partial charge in [-0.05, 0) is 36.0 Å². The van der Waals surface area contributed by atoms with Crippen LogP contribution in [-0.4, -0.2) is 28.7 Å². The molecule has 0 unspecified atom stereocenters. The lowest BCUT2D eigenvalue weighted by Gasteiger charge is -2.25. The van der Waals surface area contributed by atoms with Gasteiger partial charge in [-0.2, -0.15) is 0 Å². The summed E-state index contributed by atoms with van der Waals surface area (Å²) < 4.78 is 0. The van der Waals surface area contributed by atoms with E-state index in [0.717, 1.165) is 11.1 Å². The molecule has 5 nitrogen and oxygen atoms in total. The van der Waals surface area contributed by atoms with Crippen LogP contribution in [0.4, 0.5) is 0 Å². The van der Waals surface area contributed by atoms with Crippen LogP contribution in [0, 0.1) is 0 Å². The largest absolute Gasteiger partial charge is 0.322 e. The molecule has 0 bridgehead atoms. The first-order valence-electron chi connectivity index (χ1n) is 7.75. The van der Waals surface area contributed by atoms with Crippen LogP contribution in [-0.2, 0) is 16.1 Å². The summed E-state index contributed by atoms with van der Waals surface area (Å²) in [6, 6.07) is 5.21. The Hall–Kier alpha value is -2.17. The predicted molar refractivity (Wildman–Crippen MR) is 81.2 cm³/mol. The predicted octanol–water partition coefficient (Wildman–Crippen LogP) is 1.96. The highest BCUT2D eigenvalue weighted by atomic mass is 16.2. The molecule has 1 atom stereocenters. The summed E-state index contributed by atoms with van der Waals surface area (Å²) in [6.07, 6.45) is 1.50. The van der Waals surface area contributed by atoms with Gasteiger partial charge in [0.15, 0.2) is 0 Å². The second-order valence-corrected chi connectivity index (χ2v) is 6.28. The first-order chi connectivity index (χ1) is 10.5. The molecule has 2 aliphatic rings. The fourth-order valence-corrected chi connectivity index (χ4v) is 3.34. The highest BCUT2D eigenvalue weighted by Crippen LogP contribution is 2.32. The first-order valence-corrected chi connectivity index (χ1v) is 7.75. The van der Waals surface area contributed by atoms with Gasteiger partial charge in [-0.1, -0.05) is 26.0 Å². The Morgan fingerprint density at radius 1 is 1.23 bits per heavy atom. The molecule has 1 saturated heterocycles. The van der Waals surface area contributed by atoms with Crippen LogP contribution in [0.3, 0.4) is 0 Å².